The van der Waals surface area contributed by atoms with E-state index in [9.17, 15) is 0 Å². The van der Waals surface area contributed by atoms with E-state index in [1.807, 2.05) is 11.3 Å². The third kappa shape index (κ3) is 3.06. The average molecular weight is 326 g/mol. The lowest BCUT2D eigenvalue weighted by atomic mass is 10.2. The smallest absolute Gasteiger partial charge is 0.147 e. The number of fused-ring (bicyclic) bond motifs is 1. The Bertz CT molecular complexity index is 786. The Balaban J connectivity index is 1.50. The van der Waals surface area contributed by atoms with Crippen molar-refractivity contribution in [1.82, 2.24) is 14.9 Å². The minimum absolute atomic E-state index is 0.105. The first-order valence-corrected chi connectivity index (χ1v) is 8.49. The maximum absolute atomic E-state index is 5.93. The molecule has 0 aliphatic carbocycles. The van der Waals surface area contributed by atoms with Crippen molar-refractivity contribution in [2.45, 2.75) is 12.6 Å². The minimum Gasteiger partial charge on any atom is -0.382 e. The zero-order chi connectivity index (χ0) is 15.6. The van der Waals surface area contributed by atoms with Gasteiger partial charge in [0, 0.05) is 41.6 Å². The van der Waals surface area contributed by atoms with Gasteiger partial charge in [0.1, 0.15) is 17.6 Å². The van der Waals surface area contributed by atoms with Gasteiger partial charge in [0.2, 0.25) is 0 Å². The number of hydrogen-bond acceptors (Lipinski definition) is 6. The fourth-order valence-corrected chi connectivity index (χ4v) is 4.06. The van der Waals surface area contributed by atoms with Crippen LogP contribution < -0.4 is 5.73 Å². The molecule has 0 saturated carbocycles. The molecule has 0 unspecified atom stereocenters. The topological polar surface area (TPSA) is 64.3 Å². The molecule has 118 valence electrons. The van der Waals surface area contributed by atoms with Gasteiger partial charge in [0.15, 0.2) is 0 Å². The van der Waals surface area contributed by atoms with E-state index in [2.05, 4.69) is 45.2 Å². The summed E-state index contributed by atoms with van der Waals surface area (Å²) in [6.07, 6.45) is 3.17. The highest BCUT2D eigenvalue weighted by molar-refractivity contribution is 7.19. The van der Waals surface area contributed by atoms with Gasteiger partial charge in [-0.3, -0.25) is 9.88 Å². The lowest BCUT2D eigenvalue weighted by Crippen LogP contribution is -2.38. The molecule has 2 N–H and O–H groups in total. The fraction of sp³-hybridized carbons (Fsp3) is 0.294. The van der Waals surface area contributed by atoms with Crippen LogP contribution in [0.15, 0.2) is 42.7 Å². The molecular weight excluding hydrogens is 308 g/mol. The standard InChI is InChI=1S/C17H18N4OS/c18-17-16(19-5-6-20-17)14-11-21(7-8-22-14)10-13-9-12-3-1-2-4-15(12)23-13/h1-6,9,14H,7-8,10-11H2,(H2,18,20)/t14-/m1/s1. The van der Waals surface area contributed by atoms with Crippen molar-refractivity contribution in [3.8, 4) is 0 Å². The van der Waals surface area contributed by atoms with Crippen LogP contribution in [0, 0.1) is 0 Å². The Labute approximate surface area is 138 Å². The molecule has 0 bridgehead atoms. The number of thiophene rings is 1. The average Bonchev–Trinajstić information content (AvgIpc) is 2.97. The molecular formula is C17H18N4OS. The van der Waals surface area contributed by atoms with Crippen LogP contribution in [-0.2, 0) is 11.3 Å². The van der Waals surface area contributed by atoms with Crippen LogP contribution in [0.1, 0.15) is 16.7 Å². The van der Waals surface area contributed by atoms with Crippen LogP contribution in [0.5, 0.6) is 0 Å². The van der Waals surface area contributed by atoms with E-state index in [0.717, 1.165) is 25.3 Å². The van der Waals surface area contributed by atoms with Crippen LogP contribution >= 0.6 is 11.3 Å². The SMILES string of the molecule is Nc1nccnc1[C@H]1CN(Cc2cc3ccccc3s2)CCO1. The van der Waals surface area contributed by atoms with Crippen molar-refractivity contribution in [3.63, 3.8) is 0 Å². The normalized spacial score (nSPS) is 19.2. The molecule has 6 heteroatoms. The van der Waals surface area contributed by atoms with Gasteiger partial charge in [0.25, 0.3) is 0 Å². The van der Waals surface area contributed by atoms with Crippen molar-refractivity contribution in [3.05, 3.63) is 53.3 Å². The van der Waals surface area contributed by atoms with Crippen LogP contribution in [0.25, 0.3) is 10.1 Å². The number of aromatic nitrogens is 2. The minimum atomic E-state index is -0.105. The highest BCUT2D eigenvalue weighted by Gasteiger charge is 2.25. The van der Waals surface area contributed by atoms with Crippen LogP contribution in [0.2, 0.25) is 0 Å². The van der Waals surface area contributed by atoms with Crippen molar-refractivity contribution in [2.24, 2.45) is 0 Å². The summed E-state index contributed by atoms with van der Waals surface area (Å²) in [5.41, 5.74) is 6.67. The molecule has 1 fully saturated rings. The lowest BCUT2D eigenvalue weighted by molar-refractivity contribution is -0.0344. The van der Waals surface area contributed by atoms with Gasteiger partial charge < -0.3 is 10.5 Å². The molecule has 3 heterocycles. The quantitative estimate of drug-likeness (QED) is 0.802. The summed E-state index contributed by atoms with van der Waals surface area (Å²) in [4.78, 5) is 12.2. The Morgan fingerprint density at radius 1 is 1.26 bits per heavy atom. The molecule has 2 aromatic heterocycles. The predicted molar refractivity (Wildman–Crippen MR) is 92.2 cm³/mol. The Morgan fingerprint density at radius 2 is 2.13 bits per heavy atom. The third-order valence-electron chi connectivity index (χ3n) is 4.07. The number of morpholine rings is 1. The summed E-state index contributed by atoms with van der Waals surface area (Å²) in [6.45, 7) is 3.33. The lowest BCUT2D eigenvalue weighted by Gasteiger charge is -2.32. The van der Waals surface area contributed by atoms with E-state index >= 15 is 0 Å². The van der Waals surface area contributed by atoms with Crippen LogP contribution in [0.4, 0.5) is 5.82 Å². The van der Waals surface area contributed by atoms with Crippen molar-refractivity contribution >= 4 is 27.2 Å². The van der Waals surface area contributed by atoms with Crippen molar-refractivity contribution < 1.29 is 4.74 Å². The van der Waals surface area contributed by atoms with E-state index in [1.54, 1.807) is 12.4 Å². The molecule has 1 aromatic carbocycles. The highest BCUT2D eigenvalue weighted by atomic mass is 32.1. The molecule has 1 atom stereocenters. The summed E-state index contributed by atoms with van der Waals surface area (Å²) in [6, 6.07) is 10.8. The Kier molecular flexibility index (Phi) is 3.95. The fourth-order valence-electron chi connectivity index (χ4n) is 2.95. The first-order chi connectivity index (χ1) is 11.3. The first-order valence-electron chi connectivity index (χ1n) is 7.67. The maximum Gasteiger partial charge on any atom is 0.147 e. The molecule has 4 rings (SSSR count). The second kappa shape index (κ2) is 6.23. The molecule has 23 heavy (non-hydrogen) atoms. The van der Waals surface area contributed by atoms with E-state index in [4.69, 9.17) is 10.5 Å². The Morgan fingerprint density at radius 3 is 3.00 bits per heavy atom. The number of benzene rings is 1. The Hall–Kier alpha value is -2.02. The summed E-state index contributed by atoms with van der Waals surface area (Å²) in [5, 5.41) is 1.32. The van der Waals surface area contributed by atoms with E-state index in [0.29, 0.717) is 12.4 Å². The highest BCUT2D eigenvalue weighted by Crippen LogP contribution is 2.29. The molecule has 5 nitrogen and oxygen atoms in total. The monoisotopic (exact) mass is 326 g/mol. The second-order valence-electron chi connectivity index (χ2n) is 5.67. The molecule has 0 spiro atoms. The zero-order valence-electron chi connectivity index (χ0n) is 12.7. The van der Waals surface area contributed by atoms with Crippen LogP contribution in [-0.4, -0.2) is 34.6 Å². The molecule has 1 saturated heterocycles. The van der Waals surface area contributed by atoms with Gasteiger partial charge in [-0.05, 0) is 17.5 Å². The van der Waals surface area contributed by atoms with Crippen LogP contribution in [0.3, 0.4) is 0 Å². The molecule has 1 aliphatic rings. The van der Waals surface area contributed by atoms with Gasteiger partial charge >= 0.3 is 0 Å². The van der Waals surface area contributed by atoms with E-state index < -0.39 is 0 Å². The predicted octanol–water partition coefficient (Wildman–Crippen LogP) is 2.85. The third-order valence-corrected chi connectivity index (χ3v) is 5.17. The van der Waals surface area contributed by atoms with Crippen molar-refractivity contribution in [2.75, 3.05) is 25.4 Å². The number of rotatable bonds is 3. The molecule has 0 radical (unpaired) electrons. The number of nitrogen functional groups attached to an aromatic ring is 1. The number of anilines is 1. The summed E-state index contributed by atoms with van der Waals surface area (Å²) >= 11 is 1.86. The van der Waals surface area contributed by atoms with Gasteiger partial charge in [-0.25, -0.2) is 4.98 Å². The van der Waals surface area contributed by atoms with E-state index in [-0.39, 0.29) is 6.10 Å². The summed E-state index contributed by atoms with van der Waals surface area (Å²) < 4.78 is 7.19. The van der Waals surface area contributed by atoms with Gasteiger partial charge in [-0.15, -0.1) is 11.3 Å². The number of hydrogen-bond donors (Lipinski definition) is 1. The molecule has 1 aliphatic heterocycles. The number of nitrogens with zero attached hydrogens (tertiary/aromatic N) is 3. The van der Waals surface area contributed by atoms with Gasteiger partial charge in [-0.1, -0.05) is 18.2 Å². The largest absolute Gasteiger partial charge is 0.382 e. The molecule has 0 amide bonds. The first kappa shape index (κ1) is 14.6. The number of nitrogens with two attached hydrogens (primary N) is 1. The second-order valence-corrected chi connectivity index (χ2v) is 6.84. The van der Waals surface area contributed by atoms with Gasteiger partial charge in [-0.2, -0.15) is 0 Å². The number of ether oxygens (including phenoxy) is 1. The zero-order valence-corrected chi connectivity index (χ0v) is 13.5. The maximum atomic E-state index is 5.93. The molecule has 3 aromatic rings. The van der Waals surface area contributed by atoms with Crippen molar-refractivity contribution in [1.29, 1.82) is 0 Å². The van der Waals surface area contributed by atoms with Gasteiger partial charge in [0.05, 0.1) is 6.61 Å². The van der Waals surface area contributed by atoms with E-state index in [1.165, 1.54) is 15.0 Å². The summed E-state index contributed by atoms with van der Waals surface area (Å²) in [5.74, 6) is 0.459. The summed E-state index contributed by atoms with van der Waals surface area (Å²) in [7, 11) is 0.